The maximum absolute atomic E-state index is 13.8. The minimum Gasteiger partial charge on any atom is -0.480 e. The number of carbonyl (C=O) groups excluding carboxylic acids is 4. The maximum atomic E-state index is 13.8. The van der Waals surface area contributed by atoms with Crippen LogP contribution in [0.3, 0.4) is 0 Å². The second-order valence-electron chi connectivity index (χ2n) is 11.6. The molecule has 10 N–H and O–H groups in total. The standard InChI is InChI=1S/C32H39N7O6/c1-17(2)11-25(37-29(41)22(33)14-28(34)40)30(42)38-26(12-18-15-35-23-9-5-3-7-20(18)23)31(43)39-27(32(44)45)13-19-16-36-24-10-6-4-8-21(19)24/h3-10,15-17,22,25-27,35-36H,11-14,33H2,1-2H3,(H2,34,40)(H,37,41)(H,38,42)(H,39,43)(H,44,45). The van der Waals surface area contributed by atoms with Gasteiger partial charge in [0.05, 0.1) is 12.5 Å². The number of hydrogen-bond donors (Lipinski definition) is 8. The van der Waals surface area contributed by atoms with Crippen molar-refractivity contribution in [2.45, 2.75) is 63.7 Å². The number of H-pyrrole nitrogens is 2. The fourth-order valence-electron chi connectivity index (χ4n) is 5.29. The van der Waals surface area contributed by atoms with E-state index < -0.39 is 60.2 Å². The van der Waals surface area contributed by atoms with Gasteiger partial charge >= 0.3 is 5.97 Å². The molecule has 2 aromatic carbocycles. The number of carbonyl (C=O) groups is 5. The summed E-state index contributed by atoms with van der Waals surface area (Å²) in [6, 6.07) is 10.0. The molecule has 13 heteroatoms. The number of para-hydroxylation sites is 2. The number of nitrogens with one attached hydrogen (secondary N) is 5. The van der Waals surface area contributed by atoms with Crippen molar-refractivity contribution in [2.24, 2.45) is 17.4 Å². The number of aromatic nitrogens is 2. The van der Waals surface area contributed by atoms with Crippen molar-refractivity contribution in [2.75, 3.05) is 0 Å². The summed E-state index contributed by atoms with van der Waals surface area (Å²) in [6.07, 6.45) is 3.28. The molecule has 0 bridgehead atoms. The SMILES string of the molecule is CC(C)CC(NC(=O)C(N)CC(N)=O)C(=O)NC(Cc1c[nH]c2ccccc12)C(=O)NC(Cc1c[nH]c2ccccc12)C(=O)O. The maximum Gasteiger partial charge on any atom is 0.326 e. The molecular weight excluding hydrogens is 578 g/mol. The van der Waals surface area contributed by atoms with Crippen LogP contribution in [0.1, 0.15) is 37.8 Å². The summed E-state index contributed by atoms with van der Waals surface area (Å²) in [5.74, 6) is -4.15. The van der Waals surface area contributed by atoms with Crippen LogP contribution in [-0.4, -0.2) is 68.8 Å². The molecule has 4 unspecified atom stereocenters. The molecule has 2 aromatic heterocycles. The fraction of sp³-hybridized carbons (Fsp3) is 0.344. The summed E-state index contributed by atoms with van der Waals surface area (Å²) in [4.78, 5) is 69.9. The lowest BCUT2D eigenvalue weighted by Gasteiger charge is -2.26. The molecule has 0 aliphatic heterocycles. The van der Waals surface area contributed by atoms with E-state index in [-0.39, 0.29) is 25.2 Å². The van der Waals surface area contributed by atoms with Crippen LogP contribution in [0, 0.1) is 5.92 Å². The molecule has 0 saturated heterocycles. The van der Waals surface area contributed by atoms with Gasteiger partial charge in [-0.05, 0) is 35.6 Å². The Labute approximate surface area is 259 Å². The molecule has 0 spiro atoms. The van der Waals surface area contributed by atoms with Crippen molar-refractivity contribution in [1.29, 1.82) is 0 Å². The quantitative estimate of drug-likeness (QED) is 0.0972. The lowest BCUT2D eigenvalue weighted by molar-refractivity contribution is -0.142. The number of benzene rings is 2. The third-order valence-corrected chi connectivity index (χ3v) is 7.54. The summed E-state index contributed by atoms with van der Waals surface area (Å²) in [6.45, 7) is 3.71. The Hall–Kier alpha value is -5.17. The highest BCUT2D eigenvalue weighted by Gasteiger charge is 2.32. The van der Waals surface area contributed by atoms with Crippen molar-refractivity contribution < 1.29 is 29.1 Å². The summed E-state index contributed by atoms with van der Waals surface area (Å²) in [7, 11) is 0. The lowest BCUT2D eigenvalue weighted by atomic mass is 9.99. The molecule has 4 atom stereocenters. The number of primary amides is 1. The van der Waals surface area contributed by atoms with Crippen LogP contribution in [0.4, 0.5) is 0 Å². The first-order chi connectivity index (χ1) is 21.4. The first kappa shape index (κ1) is 32.7. The van der Waals surface area contributed by atoms with E-state index in [1.165, 1.54) is 0 Å². The molecule has 0 aliphatic carbocycles. The van der Waals surface area contributed by atoms with E-state index in [0.29, 0.717) is 5.56 Å². The van der Waals surface area contributed by atoms with Crippen LogP contribution in [-0.2, 0) is 36.8 Å². The van der Waals surface area contributed by atoms with E-state index in [2.05, 4.69) is 25.9 Å². The van der Waals surface area contributed by atoms with E-state index in [0.717, 1.165) is 27.4 Å². The molecule has 2 heterocycles. The summed E-state index contributed by atoms with van der Waals surface area (Å²) in [5, 5.41) is 19.6. The smallest absolute Gasteiger partial charge is 0.326 e. The van der Waals surface area contributed by atoms with E-state index in [1.807, 2.05) is 62.4 Å². The number of hydrogen-bond acceptors (Lipinski definition) is 6. The van der Waals surface area contributed by atoms with Gasteiger partial charge in [-0.2, -0.15) is 0 Å². The van der Waals surface area contributed by atoms with Crippen LogP contribution >= 0.6 is 0 Å². The van der Waals surface area contributed by atoms with E-state index in [4.69, 9.17) is 11.5 Å². The first-order valence-corrected chi connectivity index (χ1v) is 14.7. The van der Waals surface area contributed by atoms with Crippen LogP contribution in [0.15, 0.2) is 60.9 Å². The number of aliphatic carboxylic acids is 1. The summed E-state index contributed by atoms with van der Waals surface area (Å²) >= 11 is 0. The zero-order chi connectivity index (χ0) is 32.7. The lowest BCUT2D eigenvalue weighted by Crippen LogP contribution is -2.58. The van der Waals surface area contributed by atoms with Gasteiger partial charge in [-0.3, -0.25) is 19.2 Å². The normalized spacial score (nSPS) is 14.0. The molecule has 0 radical (unpaired) electrons. The minimum atomic E-state index is -1.29. The Morgan fingerprint density at radius 2 is 1.20 bits per heavy atom. The largest absolute Gasteiger partial charge is 0.480 e. The Bertz CT molecular complexity index is 1690. The molecule has 45 heavy (non-hydrogen) atoms. The second kappa shape index (κ2) is 14.5. The number of fused-ring (bicyclic) bond motifs is 2. The number of carboxylic acid groups (broad SMARTS) is 1. The Morgan fingerprint density at radius 1 is 0.733 bits per heavy atom. The average molecular weight is 618 g/mol. The van der Waals surface area contributed by atoms with E-state index in [1.54, 1.807) is 12.4 Å². The monoisotopic (exact) mass is 617 g/mol. The van der Waals surface area contributed by atoms with Crippen molar-refractivity contribution in [3.05, 3.63) is 72.1 Å². The van der Waals surface area contributed by atoms with Crippen molar-refractivity contribution in [1.82, 2.24) is 25.9 Å². The first-order valence-electron chi connectivity index (χ1n) is 14.7. The van der Waals surface area contributed by atoms with Crippen LogP contribution in [0.5, 0.6) is 0 Å². The predicted octanol–water partition coefficient (Wildman–Crippen LogP) is 1.22. The topological polar surface area (TPSA) is 225 Å². The Balaban J connectivity index is 1.58. The van der Waals surface area contributed by atoms with Gasteiger partial charge in [0.15, 0.2) is 0 Å². The van der Waals surface area contributed by atoms with Gasteiger partial charge < -0.3 is 42.5 Å². The number of aromatic amines is 2. The zero-order valence-corrected chi connectivity index (χ0v) is 25.1. The Kier molecular flexibility index (Phi) is 10.6. The molecule has 13 nitrogen and oxygen atoms in total. The number of carboxylic acids is 1. The van der Waals surface area contributed by atoms with Gasteiger partial charge in [0.2, 0.25) is 23.6 Å². The minimum absolute atomic E-state index is 0.00260. The molecule has 4 rings (SSSR count). The van der Waals surface area contributed by atoms with Crippen LogP contribution in [0.2, 0.25) is 0 Å². The van der Waals surface area contributed by atoms with E-state index >= 15 is 0 Å². The van der Waals surface area contributed by atoms with Gasteiger partial charge in [0, 0.05) is 47.0 Å². The van der Waals surface area contributed by atoms with E-state index in [9.17, 15) is 29.1 Å². The number of nitrogens with two attached hydrogens (primary N) is 2. The molecule has 238 valence electrons. The fourth-order valence-corrected chi connectivity index (χ4v) is 5.29. The molecule has 4 aromatic rings. The molecular formula is C32H39N7O6. The van der Waals surface area contributed by atoms with Crippen molar-refractivity contribution in [3.63, 3.8) is 0 Å². The Morgan fingerprint density at radius 3 is 1.71 bits per heavy atom. The molecule has 0 aliphatic rings. The molecule has 0 fully saturated rings. The third kappa shape index (κ3) is 8.48. The van der Waals surface area contributed by atoms with Gasteiger partial charge in [-0.25, -0.2) is 4.79 Å². The average Bonchev–Trinajstić information content (AvgIpc) is 3.59. The van der Waals surface area contributed by atoms with Crippen LogP contribution in [0.25, 0.3) is 21.8 Å². The highest BCUT2D eigenvalue weighted by Crippen LogP contribution is 2.21. The van der Waals surface area contributed by atoms with Crippen molar-refractivity contribution in [3.8, 4) is 0 Å². The second-order valence-corrected chi connectivity index (χ2v) is 11.6. The number of amides is 4. The van der Waals surface area contributed by atoms with Gasteiger partial charge in [-0.15, -0.1) is 0 Å². The summed E-state index contributed by atoms with van der Waals surface area (Å²) < 4.78 is 0. The van der Waals surface area contributed by atoms with Crippen molar-refractivity contribution >= 4 is 51.4 Å². The van der Waals surface area contributed by atoms with Gasteiger partial charge in [0.1, 0.15) is 18.1 Å². The van der Waals surface area contributed by atoms with Gasteiger partial charge in [0.25, 0.3) is 0 Å². The highest BCUT2D eigenvalue weighted by molar-refractivity contribution is 5.96. The zero-order valence-electron chi connectivity index (χ0n) is 25.1. The highest BCUT2D eigenvalue weighted by atomic mass is 16.4. The predicted molar refractivity (Wildman–Crippen MR) is 169 cm³/mol. The molecule has 4 amide bonds. The third-order valence-electron chi connectivity index (χ3n) is 7.54. The van der Waals surface area contributed by atoms with Gasteiger partial charge in [-0.1, -0.05) is 50.2 Å². The summed E-state index contributed by atoms with van der Waals surface area (Å²) in [5.41, 5.74) is 14.1. The molecule has 0 saturated carbocycles. The number of rotatable bonds is 15. The van der Waals surface area contributed by atoms with Crippen LogP contribution < -0.4 is 27.4 Å².